The Labute approximate surface area is 117 Å². The van der Waals surface area contributed by atoms with Crippen molar-refractivity contribution in [2.45, 2.75) is 26.3 Å². The number of carboxylic acids is 1. The average molecular weight is 278 g/mol. The molecule has 1 unspecified atom stereocenters. The van der Waals surface area contributed by atoms with Crippen LogP contribution in [0, 0.1) is 0 Å². The Bertz CT molecular complexity index is 514. The fraction of sp³-hybridized carbons (Fsp3) is 0.357. The molecule has 0 aliphatic carbocycles. The van der Waals surface area contributed by atoms with Crippen molar-refractivity contribution >= 4 is 17.8 Å². The van der Waals surface area contributed by atoms with Gasteiger partial charge in [0.2, 0.25) is 5.91 Å². The summed E-state index contributed by atoms with van der Waals surface area (Å²) in [6, 6.07) is 4.98. The predicted molar refractivity (Wildman–Crippen MR) is 73.6 cm³/mol. The first-order valence-corrected chi connectivity index (χ1v) is 6.37. The predicted octanol–water partition coefficient (Wildman–Crippen LogP) is 1.03. The van der Waals surface area contributed by atoms with E-state index in [9.17, 15) is 14.4 Å². The maximum Gasteiger partial charge on any atom is 0.335 e. The summed E-state index contributed by atoms with van der Waals surface area (Å²) < 4.78 is 0. The molecule has 2 amide bonds. The first kappa shape index (κ1) is 15.7. The summed E-state index contributed by atoms with van der Waals surface area (Å²) in [5, 5.41) is 14.1. The van der Waals surface area contributed by atoms with Crippen LogP contribution in [0.25, 0.3) is 0 Å². The van der Waals surface area contributed by atoms with Gasteiger partial charge in [0.15, 0.2) is 0 Å². The molecule has 0 bridgehead atoms. The second-order valence-electron chi connectivity index (χ2n) is 4.37. The van der Waals surface area contributed by atoms with Crippen LogP contribution in [-0.2, 0) is 4.79 Å². The number of nitrogens with one attached hydrogen (secondary N) is 2. The fourth-order valence-corrected chi connectivity index (χ4v) is 1.54. The summed E-state index contributed by atoms with van der Waals surface area (Å²) in [5.74, 6) is -1.85. The molecular formula is C14H18N2O4. The van der Waals surface area contributed by atoms with Crippen LogP contribution in [0.15, 0.2) is 24.3 Å². The largest absolute Gasteiger partial charge is 0.478 e. The zero-order chi connectivity index (χ0) is 15.1. The van der Waals surface area contributed by atoms with E-state index in [0.717, 1.165) is 6.42 Å². The number of amides is 2. The monoisotopic (exact) mass is 278 g/mol. The van der Waals surface area contributed by atoms with Crippen LogP contribution in [0.4, 0.5) is 0 Å². The highest BCUT2D eigenvalue weighted by molar-refractivity contribution is 5.99. The fourth-order valence-electron chi connectivity index (χ4n) is 1.54. The highest BCUT2D eigenvalue weighted by Crippen LogP contribution is 2.05. The molecule has 0 radical (unpaired) electrons. The van der Waals surface area contributed by atoms with E-state index in [2.05, 4.69) is 10.6 Å². The van der Waals surface area contributed by atoms with Crippen LogP contribution in [-0.4, -0.2) is 35.5 Å². The van der Waals surface area contributed by atoms with Crippen molar-refractivity contribution in [3.8, 4) is 0 Å². The van der Waals surface area contributed by atoms with E-state index in [4.69, 9.17) is 5.11 Å². The standard InChI is InChI=1S/C14H18N2O4/c1-3-7-15-12(17)9(2)16-13(18)10-5-4-6-11(8-10)14(19)20/h4-6,8-9H,3,7H2,1-2H3,(H,15,17)(H,16,18)(H,19,20). The van der Waals surface area contributed by atoms with E-state index in [1.165, 1.54) is 24.3 Å². The van der Waals surface area contributed by atoms with E-state index in [1.54, 1.807) is 6.92 Å². The second-order valence-corrected chi connectivity index (χ2v) is 4.37. The van der Waals surface area contributed by atoms with Gasteiger partial charge in [-0.1, -0.05) is 13.0 Å². The molecule has 1 atom stereocenters. The number of rotatable bonds is 6. The lowest BCUT2D eigenvalue weighted by Gasteiger charge is -2.14. The Morgan fingerprint density at radius 2 is 1.90 bits per heavy atom. The van der Waals surface area contributed by atoms with Gasteiger partial charge in [0.25, 0.3) is 5.91 Å². The molecule has 3 N–H and O–H groups in total. The second kappa shape index (κ2) is 7.28. The number of carbonyl (C=O) groups is 3. The average Bonchev–Trinajstić information content (AvgIpc) is 2.44. The molecule has 0 aliphatic rings. The zero-order valence-corrected chi connectivity index (χ0v) is 11.5. The lowest BCUT2D eigenvalue weighted by molar-refractivity contribution is -0.122. The van der Waals surface area contributed by atoms with E-state index < -0.39 is 17.9 Å². The number of carboxylic acid groups (broad SMARTS) is 1. The van der Waals surface area contributed by atoms with Crippen molar-refractivity contribution in [1.82, 2.24) is 10.6 Å². The topological polar surface area (TPSA) is 95.5 Å². The van der Waals surface area contributed by atoms with Crippen molar-refractivity contribution in [3.05, 3.63) is 35.4 Å². The Morgan fingerprint density at radius 1 is 1.25 bits per heavy atom. The van der Waals surface area contributed by atoms with Gasteiger partial charge in [-0.3, -0.25) is 9.59 Å². The molecule has 1 aromatic rings. The van der Waals surface area contributed by atoms with E-state index in [0.29, 0.717) is 6.54 Å². The van der Waals surface area contributed by atoms with Gasteiger partial charge in [0.05, 0.1) is 5.56 Å². The third-order valence-corrected chi connectivity index (χ3v) is 2.66. The van der Waals surface area contributed by atoms with Gasteiger partial charge in [0.1, 0.15) is 6.04 Å². The van der Waals surface area contributed by atoms with Crippen LogP contribution >= 0.6 is 0 Å². The summed E-state index contributed by atoms with van der Waals surface area (Å²) in [4.78, 5) is 34.4. The highest BCUT2D eigenvalue weighted by atomic mass is 16.4. The molecule has 0 aromatic heterocycles. The van der Waals surface area contributed by atoms with Crippen molar-refractivity contribution in [1.29, 1.82) is 0 Å². The molecule has 108 valence electrons. The Balaban J connectivity index is 2.69. The quantitative estimate of drug-likeness (QED) is 0.724. The normalized spacial score (nSPS) is 11.5. The van der Waals surface area contributed by atoms with Gasteiger partial charge in [0, 0.05) is 12.1 Å². The molecule has 0 saturated carbocycles. The first-order chi connectivity index (χ1) is 9.45. The summed E-state index contributed by atoms with van der Waals surface area (Å²) in [6.07, 6.45) is 0.813. The summed E-state index contributed by atoms with van der Waals surface area (Å²) in [5.41, 5.74) is 0.237. The van der Waals surface area contributed by atoms with Gasteiger partial charge in [-0.15, -0.1) is 0 Å². The molecule has 0 heterocycles. The van der Waals surface area contributed by atoms with E-state index in [-0.39, 0.29) is 17.0 Å². The number of hydrogen-bond donors (Lipinski definition) is 3. The smallest absolute Gasteiger partial charge is 0.335 e. The van der Waals surface area contributed by atoms with Gasteiger partial charge < -0.3 is 15.7 Å². The molecule has 0 aliphatic heterocycles. The van der Waals surface area contributed by atoms with Crippen LogP contribution in [0.5, 0.6) is 0 Å². The maximum absolute atomic E-state index is 11.9. The van der Waals surface area contributed by atoms with Crippen LogP contribution in [0.1, 0.15) is 41.0 Å². The minimum atomic E-state index is -1.10. The van der Waals surface area contributed by atoms with E-state index in [1.807, 2.05) is 6.92 Å². The highest BCUT2D eigenvalue weighted by Gasteiger charge is 2.16. The van der Waals surface area contributed by atoms with Crippen molar-refractivity contribution in [3.63, 3.8) is 0 Å². The minimum absolute atomic E-state index is 0.0285. The molecule has 0 fully saturated rings. The van der Waals surface area contributed by atoms with E-state index >= 15 is 0 Å². The Morgan fingerprint density at radius 3 is 2.50 bits per heavy atom. The maximum atomic E-state index is 11.9. The minimum Gasteiger partial charge on any atom is -0.478 e. The number of benzene rings is 1. The Kier molecular flexibility index (Phi) is 5.71. The lowest BCUT2D eigenvalue weighted by Crippen LogP contribution is -2.45. The Hall–Kier alpha value is -2.37. The number of aromatic carboxylic acids is 1. The van der Waals surface area contributed by atoms with Crippen molar-refractivity contribution in [2.24, 2.45) is 0 Å². The summed E-state index contributed by atoms with van der Waals surface area (Å²) in [6.45, 7) is 4.05. The molecule has 0 saturated heterocycles. The zero-order valence-electron chi connectivity index (χ0n) is 11.5. The third kappa shape index (κ3) is 4.38. The SMILES string of the molecule is CCCNC(=O)C(C)NC(=O)c1cccc(C(=O)O)c1. The summed E-state index contributed by atoms with van der Waals surface area (Å²) >= 11 is 0. The molecule has 0 spiro atoms. The van der Waals surface area contributed by atoms with Crippen LogP contribution in [0.3, 0.4) is 0 Å². The van der Waals surface area contributed by atoms with Gasteiger partial charge in [-0.25, -0.2) is 4.79 Å². The van der Waals surface area contributed by atoms with Gasteiger partial charge in [-0.05, 0) is 31.5 Å². The third-order valence-electron chi connectivity index (χ3n) is 2.66. The van der Waals surface area contributed by atoms with Crippen LogP contribution < -0.4 is 10.6 Å². The molecule has 20 heavy (non-hydrogen) atoms. The van der Waals surface area contributed by atoms with Crippen LogP contribution in [0.2, 0.25) is 0 Å². The van der Waals surface area contributed by atoms with Crippen molar-refractivity contribution in [2.75, 3.05) is 6.54 Å². The molecular weight excluding hydrogens is 260 g/mol. The molecule has 6 heteroatoms. The molecule has 6 nitrogen and oxygen atoms in total. The first-order valence-electron chi connectivity index (χ1n) is 6.37. The molecule has 1 aromatic carbocycles. The van der Waals surface area contributed by atoms with Crippen molar-refractivity contribution < 1.29 is 19.5 Å². The van der Waals surface area contributed by atoms with Gasteiger partial charge in [-0.2, -0.15) is 0 Å². The van der Waals surface area contributed by atoms with Gasteiger partial charge >= 0.3 is 5.97 Å². The number of hydrogen-bond acceptors (Lipinski definition) is 3. The molecule has 1 rings (SSSR count). The number of carbonyl (C=O) groups excluding carboxylic acids is 2. The lowest BCUT2D eigenvalue weighted by atomic mass is 10.1. The summed E-state index contributed by atoms with van der Waals surface area (Å²) in [7, 11) is 0.